The number of Topliss-reactive ketones (excluding diaryl/α,β-unsaturated/α-hetero) is 1. The van der Waals surface area contributed by atoms with Gasteiger partial charge in [-0.15, -0.1) is 11.6 Å². The fraction of sp³-hybridized carbons (Fsp3) is 0.250. The number of alkyl halides is 1. The third-order valence-electron chi connectivity index (χ3n) is 4.03. The van der Waals surface area contributed by atoms with Crippen LogP contribution >= 0.6 is 34.8 Å². The van der Waals surface area contributed by atoms with Gasteiger partial charge < -0.3 is 10.1 Å². The van der Waals surface area contributed by atoms with Crippen LogP contribution in [0.5, 0.6) is 0 Å². The van der Waals surface area contributed by atoms with Crippen molar-refractivity contribution >= 4 is 52.5 Å². The molecule has 5 nitrogen and oxygen atoms in total. The molecule has 0 bridgehead atoms. The Labute approximate surface area is 177 Å². The highest BCUT2D eigenvalue weighted by atomic mass is 35.5. The molecule has 1 amide bonds. The molecule has 0 aliphatic carbocycles. The number of nitrogens with one attached hydrogen (secondary N) is 1. The van der Waals surface area contributed by atoms with Gasteiger partial charge in [0.25, 0.3) is 5.91 Å². The Balaban J connectivity index is 2.24. The van der Waals surface area contributed by atoms with Crippen molar-refractivity contribution in [1.29, 1.82) is 0 Å². The van der Waals surface area contributed by atoms with Crippen LogP contribution < -0.4 is 5.32 Å². The molecule has 8 heteroatoms. The number of methoxy groups -OCH3 is 1. The zero-order chi connectivity index (χ0) is 20.7. The molecule has 2 aromatic rings. The quantitative estimate of drug-likeness (QED) is 0.482. The fourth-order valence-electron chi connectivity index (χ4n) is 2.58. The lowest BCUT2D eigenvalue weighted by Gasteiger charge is -2.17. The van der Waals surface area contributed by atoms with Crippen LogP contribution in [0.1, 0.15) is 23.2 Å². The summed E-state index contributed by atoms with van der Waals surface area (Å²) in [6.45, 7) is 0. The van der Waals surface area contributed by atoms with E-state index in [1.54, 1.807) is 12.1 Å². The zero-order valence-corrected chi connectivity index (χ0v) is 17.3. The third kappa shape index (κ3) is 5.71. The van der Waals surface area contributed by atoms with Crippen molar-refractivity contribution in [3.8, 4) is 11.1 Å². The summed E-state index contributed by atoms with van der Waals surface area (Å²) in [5.74, 6) is -1.72. The Bertz CT molecular complexity index is 848. The maximum atomic E-state index is 12.7. The van der Waals surface area contributed by atoms with Crippen molar-refractivity contribution in [3.05, 3.63) is 58.1 Å². The number of ether oxygens (including phenoxy) is 1. The van der Waals surface area contributed by atoms with Gasteiger partial charge in [0.2, 0.25) is 0 Å². The van der Waals surface area contributed by atoms with Gasteiger partial charge in [0.05, 0.1) is 28.6 Å². The standard InChI is InChI=1S/C20H18Cl3NO4/c1-28-20(27)17(8-7-14(25)11-21)24-19(26)18-15(22)9-13(10-16(18)23)12-5-3-2-4-6-12/h2-6,9-10,17H,7-8,11H2,1H3,(H,24,26)/t17-/m0/s1. The summed E-state index contributed by atoms with van der Waals surface area (Å²) in [4.78, 5) is 36.0. The van der Waals surface area contributed by atoms with Crippen LogP contribution in [0, 0.1) is 0 Å². The maximum Gasteiger partial charge on any atom is 0.328 e. The normalized spacial score (nSPS) is 11.6. The van der Waals surface area contributed by atoms with Gasteiger partial charge in [0.15, 0.2) is 0 Å². The monoisotopic (exact) mass is 441 g/mol. The first kappa shape index (κ1) is 22.2. The SMILES string of the molecule is COC(=O)[C@H](CCC(=O)CCl)NC(=O)c1c(Cl)cc(-c2ccccc2)cc1Cl. The first-order valence-corrected chi connectivity index (χ1v) is 9.67. The molecule has 1 N–H and O–H groups in total. The predicted molar refractivity (Wildman–Crippen MR) is 110 cm³/mol. The molecule has 0 unspecified atom stereocenters. The minimum absolute atomic E-state index is 0.0257. The predicted octanol–water partition coefficient (Wildman–Crippen LogP) is 4.52. The van der Waals surface area contributed by atoms with E-state index in [0.717, 1.165) is 11.1 Å². The Morgan fingerprint density at radius 3 is 2.18 bits per heavy atom. The molecule has 0 saturated heterocycles. The van der Waals surface area contributed by atoms with Crippen molar-refractivity contribution in [2.45, 2.75) is 18.9 Å². The Kier molecular flexibility index (Phi) is 8.30. The molecule has 0 aliphatic heterocycles. The number of carbonyl (C=O) groups is 3. The molecule has 148 valence electrons. The smallest absolute Gasteiger partial charge is 0.328 e. The lowest BCUT2D eigenvalue weighted by molar-refractivity contribution is -0.143. The van der Waals surface area contributed by atoms with Crippen LogP contribution in [0.25, 0.3) is 11.1 Å². The van der Waals surface area contributed by atoms with Crippen molar-refractivity contribution in [1.82, 2.24) is 5.32 Å². The molecule has 1 atom stereocenters. The van der Waals surface area contributed by atoms with Gasteiger partial charge in [-0.25, -0.2) is 4.79 Å². The minimum Gasteiger partial charge on any atom is -0.467 e. The highest BCUT2D eigenvalue weighted by Crippen LogP contribution is 2.31. The van der Waals surface area contributed by atoms with Gasteiger partial charge in [-0.3, -0.25) is 9.59 Å². The molecular weight excluding hydrogens is 425 g/mol. The second-order valence-corrected chi connectivity index (χ2v) is 7.02. The second-order valence-electron chi connectivity index (χ2n) is 5.94. The van der Waals surface area contributed by atoms with E-state index in [1.165, 1.54) is 7.11 Å². The van der Waals surface area contributed by atoms with E-state index in [1.807, 2.05) is 30.3 Å². The van der Waals surface area contributed by atoms with Gasteiger partial charge in [-0.1, -0.05) is 53.5 Å². The summed E-state index contributed by atoms with van der Waals surface area (Å²) in [5, 5.41) is 2.81. The Morgan fingerprint density at radius 2 is 1.64 bits per heavy atom. The molecule has 28 heavy (non-hydrogen) atoms. The number of benzene rings is 2. The largest absolute Gasteiger partial charge is 0.467 e. The summed E-state index contributed by atoms with van der Waals surface area (Å²) in [7, 11) is 1.19. The molecule has 0 heterocycles. The Morgan fingerprint density at radius 1 is 1.04 bits per heavy atom. The molecule has 2 rings (SSSR count). The first-order chi connectivity index (χ1) is 13.4. The van der Waals surface area contributed by atoms with Gasteiger partial charge in [-0.2, -0.15) is 0 Å². The molecule has 0 radical (unpaired) electrons. The molecular formula is C20H18Cl3NO4. The zero-order valence-electron chi connectivity index (χ0n) is 15.0. The van der Waals surface area contributed by atoms with Crippen molar-refractivity contribution in [2.24, 2.45) is 0 Å². The lowest BCUT2D eigenvalue weighted by atomic mass is 10.0. The number of halogens is 3. The molecule has 0 aromatic heterocycles. The summed E-state index contributed by atoms with van der Waals surface area (Å²) >= 11 is 18.1. The average Bonchev–Trinajstić information content (AvgIpc) is 2.70. The lowest BCUT2D eigenvalue weighted by Crippen LogP contribution is -2.42. The van der Waals surface area contributed by atoms with Crippen LogP contribution in [0.2, 0.25) is 10.0 Å². The van der Waals surface area contributed by atoms with E-state index >= 15 is 0 Å². The van der Waals surface area contributed by atoms with Gasteiger partial charge in [-0.05, 0) is 29.7 Å². The van der Waals surface area contributed by atoms with E-state index in [9.17, 15) is 14.4 Å². The summed E-state index contributed by atoms with van der Waals surface area (Å²) in [6, 6.07) is 11.7. The number of hydrogen-bond donors (Lipinski definition) is 1. The summed E-state index contributed by atoms with van der Waals surface area (Å²) < 4.78 is 4.69. The van der Waals surface area contributed by atoms with Crippen molar-refractivity contribution < 1.29 is 19.1 Å². The van der Waals surface area contributed by atoms with Gasteiger partial charge >= 0.3 is 5.97 Å². The third-order valence-corrected chi connectivity index (χ3v) is 4.92. The minimum atomic E-state index is -1.02. The average molecular weight is 443 g/mol. The van der Waals surface area contributed by atoms with Crippen molar-refractivity contribution in [3.63, 3.8) is 0 Å². The number of rotatable bonds is 8. The van der Waals surface area contributed by atoms with Crippen LogP contribution in [0.4, 0.5) is 0 Å². The van der Waals surface area contributed by atoms with Crippen molar-refractivity contribution in [2.75, 3.05) is 13.0 Å². The number of carbonyl (C=O) groups excluding carboxylic acids is 3. The highest BCUT2D eigenvalue weighted by molar-refractivity contribution is 6.40. The number of ketones is 1. The van der Waals surface area contributed by atoms with Gasteiger partial charge in [0.1, 0.15) is 11.8 Å². The molecule has 2 aromatic carbocycles. The molecule has 0 fully saturated rings. The number of esters is 1. The van der Waals surface area contributed by atoms with E-state index in [2.05, 4.69) is 10.1 Å². The van der Waals surface area contributed by atoms with E-state index in [0.29, 0.717) is 0 Å². The fourth-order valence-corrected chi connectivity index (χ4v) is 3.37. The number of amides is 1. The second kappa shape index (κ2) is 10.5. The Hall–Kier alpha value is -2.08. The maximum absolute atomic E-state index is 12.7. The van der Waals surface area contributed by atoms with Crippen LogP contribution in [0.15, 0.2) is 42.5 Å². The summed E-state index contributed by atoms with van der Waals surface area (Å²) in [5.41, 5.74) is 1.69. The topological polar surface area (TPSA) is 72.5 Å². The van der Waals surface area contributed by atoms with Crippen LogP contribution in [-0.2, 0) is 14.3 Å². The first-order valence-electron chi connectivity index (χ1n) is 8.38. The molecule has 0 aliphatic rings. The molecule has 0 spiro atoms. The summed E-state index contributed by atoms with van der Waals surface area (Å²) in [6.07, 6.45) is 0.0826. The molecule has 0 saturated carbocycles. The number of hydrogen-bond acceptors (Lipinski definition) is 4. The van der Waals surface area contributed by atoms with E-state index in [-0.39, 0.29) is 40.1 Å². The van der Waals surface area contributed by atoms with Crippen LogP contribution in [0.3, 0.4) is 0 Å². The van der Waals surface area contributed by atoms with E-state index < -0.39 is 17.9 Å². The van der Waals surface area contributed by atoms with Crippen LogP contribution in [-0.4, -0.2) is 36.7 Å². The van der Waals surface area contributed by atoms with Gasteiger partial charge in [0, 0.05) is 6.42 Å². The highest BCUT2D eigenvalue weighted by Gasteiger charge is 2.25. The van der Waals surface area contributed by atoms with E-state index in [4.69, 9.17) is 34.8 Å².